The van der Waals surface area contributed by atoms with Crippen LogP contribution in [0.4, 0.5) is 0 Å². The molecule has 116 heavy (non-hydrogen) atoms. The van der Waals surface area contributed by atoms with Crippen molar-refractivity contribution in [3.05, 3.63) is 438 Å². The van der Waals surface area contributed by atoms with Crippen molar-refractivity contribution in [1.29, 1.82) is 0 Å². The van der Waals surface area contributed by atoms with Crippen LogP contribution in [0, 0.1) is 36.4 Å². The van der Waals surface area contributed by atoms with Gasteiger partial charge in [-0.05, 0) is 183 Å². The Morgan fingerprint density at radius 1 is 0.164 bits per heavy atom. The van der Waals surface area contributed by atoms with Crippen molar-refractivity contribution in [1.82, 2.24) is 29.9 Å². The molecule has 6 aromatic heterocycles. The Morgan fingerprint density at radius 3 is 0.690 bits per heavy atom. The SMILES string of the molecule is [Ir+3].[Ir+3].[c-]1cc(-c2ccccc2-c2cc(-c3ccccc3-c3c[c-]c(-c4ccccn4)cc3)cc(-c3ccccc3-c3c[c-]c(-c4cc(-c5ccc(-c6ccccc6-c6cc(-c7ccccc7-c7ccc(-c8[c-]cccc8)nc7)cc(-c7ccccc7-c7ccc(-c8[c-]cccc8)nc7)c6)cn5)[c-]cn4)cc3)c2)ccc1-c1ccccn1. The van der Waals surface area contributed by atoms with Crippen molar-refractivity contribution in [3.63, 3.8) is 0 Å². The molecule has 0 saturated carbocycles. The largest absolute Gasteiger partial charge is 3.00 e. The number of pyridine rings is 6. The predicted molar refractivity (Wildman–Crippen MR) is 464 cm³/mol. The fourth-order valence-corrected chi connectivity index (χ4v) is 15.3. The van der Waals surface area contributed by atoms with E-state index in [1.807, 2.05) is 116 Å². The van der Waals surface area contributed by atoms with Crippen LogP contribution in [0.15, 0.2) is 401 Å². The molecule has 0 aliphatic heterocycles. The van der Waals surface area contributed by atoms with Gasteiger partial charge >= 0.3 is 40.2 Å². The molecule has 8 heteroatoms. The van der Waals surface area contributed by atoms with Crippen molar-refractivity contribution >= 4 is 0 Å². The molecule has 0 unspecified atom stereocenters. The van der Waals surface area contributed by atoms with Crippen molar-refractivity contribution in [2.75, 3.05) is 0 Å². The first-order valence-corrected chi connectivity index (χ1v) is 38.0. The average Bonchev–Trinajstić information content (AvgIpc) is 0.768. The van der Waals surface area contributed by atoms with Gasteiger partial charge in [-0.1, -0.05) is 245 Å². The molecule has 0 fully saturated rings. The zero-order valence-electron chi connectivity index (χ0n) is 62.5. The number of rotatable bonds is 18. The molecule has 0 N–H and O–H groups in total. The first-order chi connectivity index (χ1) is 56.5. The van der Waals surface area contributed by atoms with E-state index >= 15 is 0 Å². The van der Waals surface area contributed by atoms with E-state index in [0.29, 0.717) is 0 Å². The summed E-state index contributed by atoms with van der Waals surface area (Å²) in [6, 6.07) is 148. The van der Waals surface area contributed by atoms with E-state index < -0.39 is 0 Å². The van der Waals surface area contributed by atoms with Gasteiger partial charge in [-0.15, -0.1) is 161 Å². The zero-order valence-corrected chi connectivity index (χ0v) is 67.2. The number of hydrogen-bond donors (Lipinski definition) is 0. The molecular formula is C108H66Ir2N6. The normalized spacial score (nSPS) is 11.0. The van der Waals surface area contributed by atoms with Crippen LogP contribution < -0.4 is 0 Å². The van der Waals surface area contributed by atoms with Gasteiger partial charge in [-0.2, -0.15) is 17.7 Å². The summed E-state index contributed by atoms with van der Waals surface area (Å²) in [5, 5.41) is 0. The topological polar surface area (TPSA) is 77.3 Å². The van der Waals surface area contributed by atoms with E-state index in [-0.39, 0.29) is 40.2 Å². The summed E-state index contributed by atoms with van der Waals surface area (Å²) in [6.45, 7) is 0. The van der Waals surface area contributed by atoms with Gasteiger partial charge in [0.2, 0.25) is 0 Å². The van der Waals surface area contributed by atoms with Gasteiger partial charge in [0, 0.05) is 31.0 Å². The fraction of sp³-hybridized carbons (Fsp3) is 0. The molecule has 0 spiro atoms. The quantitative estimate of drug-likeness (QED) is 0.0797. The summed E-state index contributed by atoms with van der Waals surface area (Å²) in [6.07, 6.45) is 11.3. The third-order valence-corrected chi connectivity index (χ3v) is 21.0. The first-order valence-electron chi connectivity index (χ1n) is 38.0. The van der Waals surface area contributed by atoms with Crippen LogP contribution >= 0.6 is 0 Å². The van der Waals surface area contributed by atoms with Crippen molar-refractivity contribution in [2.24, 2.45) is 0 Å². The van der Waals surface area contributed by atoms with Crippen molar-refractivity contribution in [2.45, 2.75) is 0 Å². The fourth-order valence-electron chi connectivity index (χ4n) is 15.3. The van der Waals surface area contributed by atoms with Crippen LogP contribution in [0.2, 0.25) is 0 Å². The van der Waals surface area contributed by atoms with E-state index in [4.69, 9.17) is 19.9 Å². The van der Waals surface area contributed by atoms with E-state index in [1.54, 1.807) is 6.20 Å². The van der Waals surface area contributed by atoms with Crippen LogP contribution in [-0.4, -0.2) is 29.9 Å². The molecule has 0 saturated heterocycles. The number of nitrogens with zero attached hydrogens (tertiary/aromatic N) is 6. The van der Waals surface area contributed by atoms with Gasteiger partial charge in [0.05, 0.1) is 0 Å². The van der Waals surface area contributed by atoms with Crippen LogP contribution in [0.25, 0.3) is 201 Å². The maximum atomic E-state index is 5.18. The standard InChI is InChI=1S/C108H66N6.2Ir/c1-3-23-76(24-4-1)105-56-53-82(70-112-105)94-30-10-16-36-100(94)88-66-89(101-37-17-11-31-95(101)83-54-57-106(113-71-83)77-25-5-2-6-26-77)68-90(67-88)102-38-18-12-32-96(102)84-55-58-107(114-72-84)81-59-62-111-108(69-81)80-51-45-75(46-52-80)93-29-9-15-35-99(93)87-64-85(97-33-13-7-27-91(97)73-41-47-78(48-42-73)103-39-19-21-60-109-103)63-86(65-87)98-34-14-8-28-92(98)74-43-49-79(50-44-74)104-40-20-22-61-110-104;;/h1-23,25,27-47,49,51,53-58,60-72H;;/q-6;2*+3. The van der Waals surface area contributed by atoms with E-state index in [0.717, 1.165) is 201 Å². The Hall–Kier alpha value is -13.9. The van der Waals surface area contributed by atoms with Crippen LogP contribution in [-0.2, 0) is 40.2 Å². The number of benzene rings is 13. The Balaban J connectivity index is 0.00000484. The Morgan fingerprint density at radius 2 is 0.422 bits per heavy atom. The average molecular weight is 1830 g/mol. The Labute approximate surface area is 703 Å². The van der Waals surface area contributed by atoms with E-state index in [1.165, 1.54) is 0 Å². The molecule has 6 heterocycles. The molecule has 19 aromatic rings. The second kappa shape index (κ2) is 34.2. The summed E-state index contributed by atoms with van der Waals surface area (Å²) in [7, 11) is 0. The molecule has 0 radical (unpaired) electrons. The first kappa shape index (κ1) is 74.8. The third-order valence-electron chi connectivity index (χ3n) is 21.0. The minimum absolute atomic E-state index is 0. The molecule has 0 amide bonds. The second-order valence-corrected chi connectivity index (χ2v) is 28.0. The summed E-state index contributed by atoms with van der Waals surface area (Å²) in [5.41, 5.74) is 36.1. The summed E-state index contributed by atoms with van der Waals surface area (Å²) >= 11 is 0. The Kier molecular flexibility index (Phi) is 22.0. The van der Waals surface area contributed by atoms with Gasteiger partial charge in [0.1, 0.15) is 0 Å². The third kappa shape index (κ3) is 15.7. The molecule has 546 valence electrons. The van der Waals surface area contributed by atoms with Gasteiger partial charge < -0.3 is 29.9 Å². The van der Waals surface area contributed by atoms with Crippen LogP contribution in [0.1, 0.15) is 0 Å². The van der Waals surface area contributed by atoms with Crippen molar-refractivity contribution in [3.8, 4) is 201 Å². The molecular weight excluding hydrogens is 1770 g/mol. The smallest absolute Gasteiger partial charge is 0.331 e. The van der Waals surface area contributed by atoms with Crippen LogP contribution in [0.3, 0.4) is 0 Å². The zero-order chi connectivity index (χ0) is 75.9. The summed E-state index contributed by atoms with van der Waals surface area (Å²) in [4.78, 5) is 29.2. The second-order valence-electron chi connectivity index (χ2n) is 28.0. The van der Waals surface area contributed by atoms with Gasteiger partial charge in [-0.25, -0.2) is 0 Å². The monoisotopic (exact) mass is 1830 g/mol. The van der Waals surface area contributed by atoms with Gasteiger partial charge in [0.25, 0.3) is 0 Å². The van der Waals surface area contributed by atoms with Crippen LogP contribution in [0.5, 0.6) is 0 Å². The number of hydrogen-bond acceptors (Lipinski definition) is 6. The molecule has 19 rings (SSSR count). The maximum absolute atomic E-state index is 5.18. The maximum Gasteiger partial charge on any atom is 3.00 e. The minimum Gasteiger partial charge on any atom is -0.331 e. The number of aromatic nitrogens is 6. The Bertz CT molecular complexity index is 5950. The van der Waals surface area contributed by atoms with Gasteiger partial charge in [-0.3, -0.25) is 0 Å². The minimum atomic E-state index is 0. The molecule has 0 aliphatic carbocycles. The van der Waals surface area contributed by atoms with E-state index in [9.17, 15) is 0 Å². The predicted octanol–water partition coefficient (Wildman–Crippen LogP) is 26.9. The van der Waals surface area contributed by atoms with Crippen molar-refractivity contribution < 1.29 is 40.2 Å². The molecule has 0 aliphatic rings. The summed E-state index contributed by atoms with van der Waals surface area (Å²) in [5.74, 6) is 0. The van der Waals surface area contributed by atoms with Gasteiger partial charge in [0.15, 0.2) is 0 Å². The van der Waals surface area contributed by atoms with E-state index in [2.05, 4.69) is 325 Å². The molecule has 13 aromatic carbocycles. The molecule has 0 bridgehead atoms. The molecule has 6 nitrogen and oxygen atoms in total. The summed E-state index contributed by atoms with van der Waals surface area (Å²) < 4.78 is 0. The molecule has 0 atom stereocenters.